The molecule has 28 heavy (non-hydrogen) atoms. The van der Waals surface area contributed by atoms with E-state index in [4.69, 9.17) is 9.47 Å². The van der Waals surface area contributed by atoms with E-state index in [-0.39, 0.29) is 17.7 Å². The van der Waals surface area contributed by atoms with E-state index in [2.05, 4.69) is 5.32 Å². The lowest BCUT2D eigenvalue weighted by Gasteiger charge is -2.15. The summed E-state index contributed by atoms with van der Waals surface area (Å²) in [6.45, 7) is 2.57. The van der Waals surface area contributed by atoms with Gasteiger partial charge in [-0.05, 0) is 60.6 Å². The molecule has 1 aliphatic heterocycles. The van der Waals surface area contributed by atoms with Crippen molar-refractivity contribution >= 4 is 34.6 Å². The number of benzene rings is 2. The molecule has 146 valence electrons. The predicted octanol–water partition coefficient (Wildman–Crippen LogP) is 3.51. The standard InChI is InChI=1S/C20H20N2O5S/c1-3-27-16-9-7-15(8-10-16)21-17-18(23)22(20(25)28-17)12-13-5-4-6-14(11-13)19(24)26-2/h4-11,17,21H,3,12H2,1-2H3. The molecule has 1 aliphatic rings. The second-order valence-corrected chi connectivity index (χ2v) is 7.04. The minimum Gasteiger partial charge on any atom is -0.494 e. The summed E-state index contributed by atoms with van der Waals surface area (Å²) in [5.41, 5.74) is 1.76. The summed E-state index contributed by atoms with van der Waals surface area (Å²) < 4.78 is 10.1. The van der Waals surface area contributed by atoms with Crippen LogP contribution in [-0.2, 0) is 16.1 Å². The molecule has 7 nitrogen and oxygen atoms in total. The third kappa shape index (κ3) is 4.45. The van der Waals surface area contributed by atoms with Crippen LogP contribution in [0, 0.1) is 0 Å². The third-order valence-electron chi connectivity index (χ3n) is 4.08. The highest BCUT2D eigenvalue weighted by Gasteiger charge is 2.39. The molecule has 1 N–H and O–H groups in total. The first-order valence-corrected chi connectivity index (χ1v) is 9.58. The summed E-state index contributed by atoms with van der Waals surface area (Å²) in [6.07, 6.45) is 0. The van der Waals surface area contributed by atoms with Gasteiger partial charge in [-0.25, -0.2) is 4.79 Å². The highest BCUT2D eigenvalue weighted by Crippen LogP contribution is 2.30. The van der Waals surface area contributed by atoms with Gasteiger partial charge in [-0.2, -0.15) is 0 Å². The Kier molecular flexibility index (Phi) is 6.20. The van der Waals surface area contributed by atoms with Crippen LogP contribution in [0.5, 0.6) is 5.75 Å². The Morgan fingerprint density at radius 1 is 1.18 bits per heavy atom. The van der Waals surface area contributed by atoms with Gasteiger partial charge in [0.15, 0.2) is 5.37 Å². The van der Waals surface area contributed by atoms with Gasteiger partial charge in [0.1, 0.15) is 5.75 Å². The lowest BCUT2D eigenvalue weighted by molar-refractivity contribution is -0.126. The summed E-state index contributed by atoms with van der Waals surface area (Å²) in [7, 11) is 1.30. The average molecular weight is 400 g/mol. The number of esters is 1. The average Bonchev–Trinajstić information content (AvgIpc) is 2.96. The van der Waals surface area contributed by atoms with E-state index in [9.17, 15) is 14.4 Å². The smallest absolute Gasteiger partial charge is 0.337 e. The van der Waals surface area contributed by atoms with E-state index >= 15 is 0 Å². The number of nitrogens with zero attached hydrogens (tertiary/aromatic N) is 1. The van der Waals surface area contributed by atoms with Gasteiger partial charge in [0.05, 0.1) is 25.8 Å². The number of amides is 2. The number of rotatable bonds is 7. The zero-order valence-electron chi connectivity index (χ0n) is 15.5. The Bertz CT molecular complexity index is 884. The Morgan fingerprint density at radius 3 is 2.61 bits per heavy atom. The number of hydrogen-bond acceptors (Lipinski definition) is 7. The summed E-state index contributed by atoms with van der Waals surface area (Å²) in [5.74, 6) is -0.0562. The largest absolute Gasteiger partial charge is 0.494 e. The van der Waals surface area contributed by atoms with Gasteiger partial charge in [-0.15, -0.1) is 0 Å². The van der Waals surface area contributed by atoms with Crippen molar-refractivity contribution in [1.82, 2.24) is 4.90 Å². The molecule has 1 unspecified atom stereocenters. The van der Waals surface area contributed by atoms with Crippen LogP contribution in [0.15, 0.2) is 48.5 Å². The molecule has 3 rings (SSSR count). The lowest BCUT2D eigenvalue weighted by Crippen LogP contribution is -2.34. The van der Waals surface area contributed by atoms with Crippen LogP contribution in [0.3, 0.4) is 0 Å². The molecule has 1 saturated heterocycles. The number of methoxy groups -OCH3 is 1. The number of nitrogens with one attached hydrogen (secondary N) is 1. The number of ether oxygens (including phenoxy) is 2. The maximum absolute atomic E-state index is 12.7. The van der Waals surface area contributed by atoms with Crippen molar-refractivity contribution in [3.8, 4) is 5.75 Å². The number of thioether (sulfide) groups is 1. The van der Waals surface area contributed by atoms with Gasteiger partial charge in [0.2, 0.25) is 0 Å². The van der Waals surface area contributed by atoms with Gasteiger partial charge in [-0.1, -0.05) is 12.1 Å². The molecule has 0 bridgehead atoms. The first kappa shape index (κ1) is 19.8. The van der Waals surface area contributed by atoms with Crippen LogP contribution in [0.4, 0.5) is 10.5 Å². The maximum Gasteiger partial charge on any atom is 0.337 e. The molecule has 1 fully saturated rings. The second-order valence-electron chi connectivity index (χ2n) is 5.98. The fourth-order valence-corrected chi connectivity index (χ4v) is 3.65. The van der Waals surface area contributed by atoms with E-state index in [0.29, 0.717) is 17.7 Å². The second kappa shape index (κ2) is 8.79. The predicted molar refractivity (Wildman–Crippen MR) is 106 cm³/mol. The van der Waals surface area contributed by atoms with E-state index in [1.807, 2.05) is 6.92 Å². The lowest BCUT2D eigenvalue weighted by atomic mass is 10.1. The summed E-state index contributed by atoms with van der Waals surface area (Å²) in [6, 6.07) is 13.9. The number of hydrogen-bond donors (Lipinski definition) is 1. The highest BCUT2D eigenvalue weighted by atomic mass is 32.2. The molecule has 0 saturated carbocycles. The molecule has 0 aromatic heterocycles. The Labute approximate surface area is 167 Å². The van der Waals surface area contributed by atoms with Crippen molar-refractivity contribution in [3.05, 3.63) is 59.7 Å². The maximum atomic E-state index is 12.7. The number of imide groups is 1. The Hall–Kier alpha value is -3.00. The summed E-state index contributed by atoms with van der Waals surface area (Å²) >= 11 is 0.929. The fourth-order valence-electron chi connectivity index (χ4n) is 2.74. The molecule has 1 atom stereocenters. The van der Waals surface area contributed by atoms with E-state index < -0.39 is 11.3 Å². The van der Waals surface area contributed by atoms with Crippen LogP contribution in [-0.4, -0.2) is 41.1 Å². The van der Waals surface area contributed by atoms with Crippen molar-refractivity contribution in [2.45, 2.75) is 18.8 Å². The molecule has 8 heteroatoms. The van der Waals surface area contributed by atoms with Gasteiger partial charge in [0, 0.05) is 5.69 Å². The molecule has 2 amide bonds. The van der Waals surface area contributed by atoms with Crippen LogP contribution in [0.25, 0.3) is 0 Å². The first-order chi connectivity index (χ1) is 13.5. The normalized spacial score (nSPS) is 16.2. The third-order valence-corrected chi connectivity index (χ3v) is 5.06. The van der Waals surface area contributed by atoms with Crippen molar-refractivity contribution in [2.24, 2.45) is 0 Å². The van der Waals surface area contributed by atoms with E-state index in [1.165, 1.54) is 12.0 Å². The molecule has 0 spiro atoms. The molecular weight excluding hydrogens is 380 g/mol. The zero-order chi connectivity index (χ0) is 20.1. The van der Waals surface area contributed by atoms with Gasteiger partial charge < -0.3 is 14.8 Å². The summed E-state index contributed by atoms with van der Waals surface area (Å²) in [4.78, 5) is 37.8. The minimum absolute atomic E-state index is 0.0942. The van der Waals surface area contributed by atoms with Crippen molar-refractivity contribution in [1.29, 1.82) is 0 Å². The SMILES string of the molecule is CCOc1ccc(NC2SC(=O)N(Cc3cccc(C(=O)OC)c3)C2=O)cc1. The van der Waals surface area contributed by atoms with Gasteiger partial charge in [-0.3, -0.25) is 14.5 Å². The minimum atomic E-state index is -0.700. The van der Waals surface area contributed by atoms with E-state index in [1.54, 1.807) is 48.5 Å². The van der Waals surface area contributed by atoms with Crippen molar-refractivity contribution in [3.63, 3.8) is 0 Å². The molecule has 2 aromatic carbocycles. The summed E-state index contributed by atoms with van der Waals surface area (Å²) in [5, 5.41) is 2.03. The Balaban J connectivity index is 1.67. The van der Waals surface area contributed by atoms with Crippen LogP contribution in [0.2, 0.25) is 0 Å². The van der Waals surface area contributed by atoms with Crippen molar-refractivity contribution < 1.29 is 23.9 Å². The van der Waals surface area contributed by atoms with Gasteiger partial charge in [0.25, 0.3) is 11.1 Å². The molecular formula is C20H20N2O5S. The van der Waals surface area contributed by atoms with Gasteiger partial charge >= 0.3 is 5.97 Å². The molecule has 0 radical (unpaired) electrons. The van der Waals surface area contributed by atoms with Crippen LogP contribution >= 0.6 is 11.8 Å². The van der Waals surface area contributed by atoms with Crippen LogP contribution < -0.4 is 10.1 Å². The Morgan fingerprint density at radius 2 is 1.93 bits per heavy atom. The fraction of sp³-hybridized carbons (Fsp3) is 0.250. The number of carbonyl (C=O) groups excluding carboxylic acids is 3. The molecule has 1 heterocycles. The van der Waals surface area contributed by atoms with Crippen molar-refractivity contribution in [2.75, 3.05) is 19.0 Å². The highest BCUT2D eigenvalue weighted by molar-refractivity contribution is 8.15. The molecule has 0 aliphatic carbocycles. The van der Waals surface area contributed by atoms with E-state index in [0.717, 1.165) is 23.2 Å². The number of anilines is 1. The monoisotopic (exact) mass is 400 g/mol. The topological polar surface area (TPSA) is 84.9 Å². The first-order valence-electron chi connectivity index (χ1n) is 8.70. The number of carbonyl (C=O) groups is 3. The zero-order valence-corrected chi connectivity index (χ0v) is 16.3. The quantitative estimate of drug-likeness (QED) is 0.712. The molecule has 2 aromatic rings. The van der Waals surface area contributed by atoms with Crippen LogP contribution in [0.1, 0.15) is 22.8 Å².